The molecule has 0 amide bonds. The first-order valence-electron chi connectivity index (χ1n) is 28.2. The van der Waals surface area contributed by atoms with E-state index in [4.69, 9.17) is 0 Å². The number of benzene rings is 13. The second-order valence-corrected chi connectivity index (χ2v) is 21.6. The molecule has 0 N–H and O–H groups in total. The van der Waals surface area contributed by atoms with E-state index in [0.717, 1.165) is 67.2 Å². The van der Waals surface area contributed by atoms with Crippen LogP contribution in [0.5, 0.6) is 0 Å². The molecule has 0 aliphatic carbocycles. The number of hydrogen-bond acceptors (Lipinski definition) is 0. The van der Waals surface area contributed by atoms with Crippen LogP contribution in [0.1, 0.15) is 0 Å². The van der Waals surface area contributed by atoms with Crippen molar-refractivity contribution in [3.05, 3.63) is 303 Å². The smallest absolute Gasteiger partial charge is 0.0562 e. The second-order valence-electron chi connectivity index (χ2n) is 21.6. The molecule has 13 aromatic carbocycles. The number of fused-ring (bicyclic) bond motifs is 12. The molecule has 382 valence electrons. The van der Waals surface area contributed by atoms with Gasteiger partial charge in [0.2, 0.25) is 0 Å². The topological polar surface area (TPSA) is 19.7 Å². The Morgan fingerprint density at radius 1 is 0.159 bits per heavy atom. The van der Waals surface area contributed by atoms with Crippen LogP contribution in [0.25, 0.3) is 154 Å². The van der Waals surface area contributed by atoms with E-state index < -0.39 is 0 Å². The molecule has 0 atom stereocenters. The molecule has 0 aliphatic rings. The van der Waals surface area contributed by atoms with Crippen molar-refractivity contribution in [3.63, 3.8) is 0 Å². The van der Waals surface area contributed by atoms with Crippen LogP contribution in [0.2, 0.25) is 0 Å². The molecule has 0 bridgehead atoms. The largest absolute Gasteiger partial charge is 0.309 e. The lowest BCUT2D eigenvalue weighted by atomic mass is 9.84. The average Bonchev–Trinajstić information content (AvgIpc) is 3.24. The maximum atomic E-state index is 2.48. The quantitative estimate of drug-likeness (QED) is 0.145. The van der Waals surface area contributed by atoms with Crippen molar-refractivity contribution in [2.75, 3.05) is 0 Å². The summed E-state index contributed by atoms with van der Waals surface area (Å²) in [6, 6.07) is 112. The van der Waals surface area contributed by atoms with Gasteiger partial charge in [-0.3, -0.25) is 0 Å². The zero-order valence-corrected chi connectivity index (χ0v) is 44.7. The van der Waals surface area contributed by atoms with E-state index in [1.165, 1.54) is 87.3 Å². The SMILES string of the molecule is c1ccc(-c2c(-c3ccc(-n4c5ccccc5c5ccccc54)cc3)cc(-c3cccc(-n4c5ccccc5c5cc6c7ccccc7n(-c7ccccc7)c6cc54)c3)cc2-c2cccc(-n3c4ccccc4c4ccccc43)c2)cc1. The number of aromatic nitrogens is 4. The van der Waals surface area contributed by atoms with Crippen molar-refractivity contribution in [1.82, 2.24) is 18.3 Å². The lowest BCUT2D eigenvalue weighted by Gasteiger charge is -2.20. The summed E-state index contributed by atoms with van der Waals surface area (Å²) in [4.78, 5) is 0. The fraction of sp³-hybridized carbons (Fsp3) is 0. The van der Waals surface area contributed by atoms with Crippen molar-refractivity contribution in [1.29, 1.82) is 0 Å². The first kappa shape index (κ1) is 46.0. The van der Waals surface area contributed by atoms with E-state index in [2.05, 4.69) is 322 Å². The molecule has 0 spiro atoms. The lowest BCUT2D eigenvalue weighted by molar-refractivity contribution is 1.16. The zero-order chi connectivity index (χ0) is 53.8. The fourth-order valence-corrected chi connectivity index (χ4v) is 13.6. The maximum absolute atomic E-state index is 2.48. The standard InChI is InChI=1S/C78H50N4/c1-3-21-52(22-4-1)78-66(51-41-43-57(44-42-51)79-70-35-13-7-29-60(70)61-30-8-14-36-71(61)79)47-55(48-67(78)54-24-20-28-59(46-54)81-72-37-15-9-31-62(72)63-32-10-16-38-73(63)81)53-23-19-27-58(45-53)82-75-40-18-12-34-65(75)69-49-68-64-33-11-17-39-74(64)80(76(68)50-77(69)82)56-25-5-2-6-26-56/h1-50H. The summed E-state index contributed by atoms with van der Waals surface area (Å²) < 4.78 is 9.73. The van der Waals surface area contributed by atoms with Crippen LogP contribution in [0.4, 0.5) is 0 Å². The monoisotopic (exact) mass is 1040 g/mol. The molecule has 0 saturated heterocycles. The van der Waals surface area contributed by atoms with Crippen LogP contribution in [-0.4, -0.2) is 18.3 Å². The highest BCUT2D eigenvalue weighted by atomic mass is 15.0. The molecule has 0 fully saturated rings. The summed E-state index contributed by atoms with van der Waals surface area (Å²) in [5, 5.41) is 9.93. The van der Waals surface area contributed by atoms with Crippen molar-refractivity contribution < 1.29 is 0 Å². The van der Waals surface area contributed by atoms with Gasteiger partial charge in [-0.15, -0.1) is 0 Å². The minimum atomic E-state index is 1.10. The predicted molar refractivity (Wildman–Crippen MR) is 346 cm³/mol. The molecule has 4 aromatic heterocycles. The maximum Gasteiger partial charge on any atom is 0.0562 e. The Morgan fingerprint density at radius 3 is 0.976 bits per heavy atom. The fourth-order valence-electron chi connectivity index (χ4n) is 13.6. The Labute approximate surface area is 473 Å². The number of para-hydroxylation sites is 7. The molecule has 0 radical (unpaired) electrons. The van der Waals surface area contributed by atoms with Gasteiger partial charge in [0.1, 0.15) is 0 Å². The van der Waals surface area contributed by atoms with Crippen molar-refractivity contribution >= 4 is 87.2 Å². The Bertz CT molecular complexity index is 5270. The molecule has 17 aromatic rings. The summed E-state index contributed by atoms with van der Waals surface area (Å²) in [6.07, 6.45) is 0. The van der Waals surface area contributed by atoms with Crippen LogP contribution in [0.3, 0.4) is 0 Å². The minimum Gasteiger partial charge on any atom is -0.309 e. The van der Waals surface area contributed by atoms with Crippen molar-refractivity contribution in [3.8, 4) is 67.3 Å². The normalized spacial score (nSPS) is 11.9. The molecule has 4 heterocycles. The Morgan fingerprint density at radius 2 is 0.488 bits per heavy atom. The van der Waals surface area contributed by atoms with Crippen LogP contribution < -0.4 is 0 Å². The van der Waals surface area contributed by atoms with Gasteiger partial charge in [0.25, 0.3) is 0 Å². The van der Waals surface area contributed by atoms with Gasteiger partial charge in [0.05, 0.1) is 44.1 Å². The molecule has 82 heavy (non-hydrogen) atoms. The van der Waals surface area contributed by atoms with Gasteiger partial charge in [0, 0.05) is 65.8 Å². The molecule has 0 saturated carbocycles. The Hall–Kier alpha value is -10.9. The number of nitrogens with zero attached hydrogens (tertiary/aromatic N) is 4. The summed E-state index contributed by atoms with van der Waals surface area (Å²) in [7, 11) is 0. The first-order chi connectivity index (χ1) is 40.7. The molecule has 0 aliphatic heterocycles. The summed E-state index contributed by atoms with van der Waals surface area (Å²) in [5.74, 6) is 0. The third-order valence-electron chi connectivity index (χ3n) is 17.1. The van der Waals surface area contributed by atoms with Gasteiger partial charge < -0.3 is 18.3 Å². The lowest BCUT2D eigenvalue weighted by Crippen LogP contribution is -1.98. The molecule has 4 nitrogen and oxygen atoms in total. The number of hydrogen-bond donors (Lipinski definition) is 0. The molecule has 17 rings (SSSR count). The highest BCUT2D eigenvalue weighted by Gasteiger charge is 2.22. The van der Waals surface area contributed by atoms with Gasteiger partial charge in [-0.25, -0.2) is 0 Å². The summed E-state index contributed by atoms with van der Waals surface area (Å²) >= 11 is 0. The third-order valence-corrected chi connectivity index (χ3v) is 17.1. The van der Waals surface area contributed by atoms with E-state index in [1.807, 2.05) is 0 Å². The highest BCUT2D eigenvalue weighted by Crippen LogP contribution is 2.46. The van der Waals surface area contributed by atoms with Gasteiger partial charge >= 0.3 is 0 Å². The van der Waals surface area contributed by atoms with Gasteiger partial charge in [-0.2, -0.15) is 0 Å². The predicted octanol–water partition coefficient (Wildman–Crippen LogP) is 20.7. The zero-order valence-electron chi connectivity index (χ0n) is 44.7. The molecular weight excluding hydrogens is 993 g/mol. The summed E-state index contributed by atoms with van der Waals surface area (Å²) in [6.45, 7) is 0. The minimum absolute atomic E-state index is 1.10. The second kappa shape index (κ2) is 18.3. The Balaban J connectivity index is 0.903. The van der Waals surface area contributed by atoms with Crippen molar-refractivity contribution in [2.24, 2.45) is 0 Å². The van der Waals surface area contributed by atoms with Crippen LogP contribution in [0.15, 0.2) is 303 Å². The first-order valence-corrected chi connectivity index (χ1v) is 28.2. The summed E-state index contributed by atoms with van der Waals surface area (Å²) in [5.41, 5.74) is 23.2. The van der Waals surface area contributed by atoms with E-state index in [1.54, 1.807) is 0 Å². The molecular formula is C78H50N4. The average molecular weight is 1040 g/mol. The van der Waals surface area contributed by atoms with Crippen LogP contribution >= 0.6 is 0 Å². The third kappa shape index (κ3) is 7.05. The van der Waals surface area contributed by atoms with Crippen LogP contribution in [0, 0.1) is 0 Å². The van der Waals surface area contributed by atoms with Crippen molar-refractivity contribution in [2.45, 2.75) is 0 Å². The van der Waals surface area contributed by atoms with Gasteiger partial charge in [0.15, 0.2) is 0 Å². The number of rotatable bonds is 8. The van der Waals surface area contributed by atoms with Gasteiger partial charge in [-0.1, -0.05) is 194 Å². The highest BCUT2D eigenvalue weighted by molar-refractivity contribution is 6.19. The van der Waals surface area contributed by atoms with E-state index >= 15 is 0 Å². The van der Waals surface area contributed by atoms with E-state index in [-0.39, 0.29) is 0 Å². The van der Waals surface area contributed by atoms with Crippen LogP contribution in [-0.2, 0) is 0 Å². The van der Waals surface area contributed by atoms with E-state index in [0.29, 0.717) is 0 Å². The molecule has 0 unspecified atom stereocenters. The molecule has 4 heteroatoms. The van der Waals surface area contributed by atoms with E-state index in [9.17, 15) is 0 Å². The Kier molecular flexibility index (Phi) is 10.3. The van der Waals surface area contributed by atoms with Gasteiger partial charge in [-0.05, 0) is 154 Å².